The third-order valence-corrected chi connectivity index (χ3v) is 11.6. The van der Waals surface area contributed by atoms with Crippen molar-refractivity contribution in [2.24, 2.45) is 0 Å². The summed E-state index contributed by atoms with van der Waals surface area (Å²) >= 11 is 0. The molecule has 0 radical (unpaired) electrons. The molecule has 0 saturated carbocycles. The first-order valence-corrected chi connectivity index (χ1v) is 19.0. The van der Waals surface area contributed by atoms with Crippen LogP contribution in [0.4, 0.5) is 28.4 Å². The fourth-order valence-electron chi connectivity index (χ4n) is 9.17. The van der Waals surface area contributed by atoms with Crippen molar-refractivity contribution in [3.63, 3.8) is 0 Å². The number of hydrogen-bond acceptors (Lipinski definition) is 2. The molecule has 9 rings (SSSR count). The third-order valence-electron chi connectivity index (χ3n) is 11.6. The van der Waals surface area contributed by atoms with Gasteiger partial charge in [0.15, 0.2) is 6.21 Å². The van der Waals surface area contributed by atoms with Crippen LogP contribution in [0.3, 0.4) is 0 Å². The number of rotatable bonds is 8. The van der Waals surface area contributed by atoms with E-state index in [4.69, 9.17) is 0 Å². The van der Waals surface area contributed by atoms with Crippen LogP contribution in [0.15, 0.2) is 180 Å². The lowest BCUT2D eigenvalue weighted by Crippen LogP contribution is -2.46. The summed E-state index contributed by atoms with van der Waals surface area (Å²) in [5, 5.41) is 0. The number of anilines is 3. The molecule has 2 heterocycles. The standard InChI is InChI=1S/C50H46N3/c1-6-8-10-25-46-41(33-51-44-24-14-13-21-40(44)48-47(51)32-31-39-38-22-16-23-42(38)50(4,5)49(39)48)45(17-7-2)53(46)37-29-27-36(28-30-37)52(35-19-11-9-12-20-35)43-26-15-18-34(43)3/h6-22,24-25,27-33,46H,23,26H2,1-5H3/q+1/b8-6-,17-7-,25-10-. The van der Waals surface area contributed by atoms with Crippen molar-refractivity contribution < 1.29 is 0 Å². The summed E-state index contributed by atoms with van der Waals surface area (Å²) < 4.78 is 2.46. The smallest absolute Gasteiger partial charge is 0.219 e. The first-order chi connectivity index (χ1) is 25.9. The zero-order valence-electron chi connectivity index (χ0n) is 31.3. The predicted molar refractivity (Wildman–Crippen MR) is 227 cm³/mol. The summed E-state index contributed by atoms with van der Waals surface area (Å²) in [4.78, 5) is 4.88. The van der Waals surface area contributed by atoms with Gasteiger partial charge in [-0.15, -0.1) is 0 Å². The Kier molecular flexibility index (Phi) is 8.04. The maximum Gasteiger partial charge on any atom is 0.219 e. The van der Waals surface area contributed by atoms with Gasteiger partial charge < -0.3 is 9.80 Å². The largest absolute Gasteiger partial charge is 0.330 e. The fourth-order valence-corrected chi connectivity index (χ4v) is 9.17. The van der Waals surface area contributed by atoms with Crippen molar-refractivity contribution in [2.45, 2.75) is 58.9 Å². The molecule has 5 aliphatic rings. The third kappa shape index (κ3) is 5.13. The Bertz CT molecular complexity index is 2440. The second-order valence-corrected chi connectivity index (χ2v) is 15.0. The van der Waals surface area contributed by atoms with Gasteiger partial charge in [0.1, 0.15) is 0 Å². The van der Waals surface area contributed by atoms with Gasteiger partial charge in [-0.3, -0.25) is 0 Å². The molecule has 53 heavy (non-hydrogen) atoms. The van der Waals surface area contributed by atoms with Crippen molar-refractivity contribution in [3.05, 3.63) is 191 Å². The molecule has 0 aromatic heterocycles. The van der Waals surface area contributed by atoms with E-state index in [1.807, 2.05) is 0 Å². The lowest BCUT2D eigenvalue weighted by molar-refractivity contribution is 0.629. The maximum absolute atomic E-state index is 2.47. The molecule has 3 heteroatoms. The van der Waals surface area contributed by atoms with Crippen molar-refractivity contribution in [2.75, 3.05) is 9.80 Å². The van der Waals surface area contributed by atoms with Crippen LogP contribution in [-0.4, -0.2) is 12.3 Å². The monoisotopic (exact) mass is 688 g/mol. The number of benzene rings is 4. The molecule has 0 amide bonds. The number of nitrogens with zero attached hydrogens (tertiary/aromatic N) is 3. The van der Waals surface area contributed by atoms with Crippen molar-refractivity contribution >= 4 is 40.2 Å². The summed E-state index contributed by atoms with van der Waals surface area (Å²) in [5.41, 5.74) is 19.7. The maximum atomic E-state index is 2.47. The highest BCUT2D eigenvalue weighted by Crippen LogP contribution is 2.58. The Morgan fingerprint density at radius 3 is 2.26 bits per heavy atom. The number of fused-ring (bicyclic) bond motifs is 6. The van der Waals surface area contributed by atoms with Crippen LogP contribution in [0.2, 0.25) is 0 Å². The van der Waals surface area contributed by atoms with E-state index in [-0.39, 0.29) is 11.5 Å². The molecule has 260 valence electrons. The molecule has 1 atom stereocenters. The number of para-hydroxylation sites is 2. The van der Waals surface area contributed by atoms with E-state index in [1.54, 1.807) is 5.57 Å². The number of allylic oxidation sites excluding steroid dienone is 12. The SMILES string of the molecule is C/C=C\C=C/C1C(C=[N+]2c3ccccc3-c3c2ccc2c3C(C)(C)C3=C2C=CC3)=C(/C=C\C)N1c1ccc(N(C2=C(C)C=CC2)c2ccccc2)cc1. The molecule has 0 N–H and O–H groups in total. The van der Waals surface area contributed by atoms with E-state index < -0.39 is 0 Å². The van der Waals surface area contributed by atoms with Gasteiger partial charge in [-0.2, -0.15) is 4.58 Å². The molecule has 0 fully saturated rings. The highest BCUT2D eigenvalue weighted by Gasteiger charge is 2.46. The van der Waals surface area contributed by atoms with Crippen LogP contribution in [0.5, 0.6) is 0 Å². The predicted octanol–water partition coefficient (Wildman–Crippen LogP) is 12.8. The van der Waals surface area contributed by atoms with Gasteiger partial charge in [-0.05, 0) is 110 Å². The average molecular weight is 689 g/mol. The van der Waals surface area contributed by atoms with E-state index in [0.717, 1.165) is 12.8 Å². The summed E-state index contributed by atoms with van der Waals surface area (Å²) in [7, 11) is 0. The van der Waals surface area contributed by atoms with Gasteiger partial charge >= 0.3 is 0 Å². The highest BCUT2D eigenvalue weighted by atomic mass is 15.2. The topological polar surface area (TPSA) is 9.49 Å². The first kappa shape index (κ1) is 32.9. The first-order valence-electron chi connectivity index (χ1n) is 19.0. The van der Waals surface area contributed by atoms with Crippen molar-refractivity contribution in [1.82, 2.24) is 4.58 Å². The molecule has 4 aromatic rings. The molecule has 0 spiro atoms. The van der Waals surface area contributed by atoms with Crippen LogP contribution >= 0.6 is 0 Å². The molecule has 4 aromatic carbocycles. The lowest BCUT2D eigenvalue weighted by atomic mass is 9.77. The molecular weight excluding hydrogens is 643 g/mol. The fraction of sp³-hybridized carbons (Fsp3) is 0.180. The van der Waals surface area contributed by atoms with Gasteiger partial charge in [0, 0.05) is 46.7 Å². The Hall–Kier alpha value is -5.93. The summed E-state index contributed by atoms with van der Waals surface area (Å²) in [6.45, 7) is 11.2. The summed E-state index contributed by atoms with van der Waals surface area (Å²) in [5.74, 6) is 0. The quantitative estimate of drug-likeness (QED) is 0.119. The van der Waals surface area contributed by atoms with E-state index in [2.05, 4.69) is 207 Å². The van der Waals surface area contributed by atoms with E-state index in [9.17, 15) is 0 Å². The number of hydrogen-bond donors (Lipinski definition) is 0. The normalized spacial score (nSPS) is 20.1. The lowest BCUT2D eigenvalue weighted by Gasteiger charge is -2.42. The molecule has 3 aliphatic carbocycles. The Labute approximate surface area is 314 Å². The minimum absolute atomic E-state index is 0.0190. The average Bonchev–Trinajstić information content (AvgIpc) is 3.95. The molecule has 0 saturated heterocycles. The zero-order chi connectivity index (χ0) is 36.3. The molecule has 1 unspecified atom stereocenters. The van der Waals surface area contributed by atoms with E-state index >= 15 is 0 Å². The molecular formula is C50H46N3+. The van der Waals surface area contributed by atoms with Gasteiger partial charge in [-0.1, -0.05) is 98.9 Å². The Morgan fingerprint density at radius 1 is 0.755 bits per heavy atom. The molecule has 2 aliphatic heterocycles. The van der Waals surface area contributed by atoms with Crippen LogP contribution in [0, 0.1) is 0 Å². The zero-order valence-corrected chi connectivity index (χ0v) is 31.3. The minimum Gasteiger partial charge on any atom is -0.330 e. The van der Waals surface area contributed by atoms with Gasteiger partial charge in [0.05, 0.1) is 28.4 Å². The summed E-state index contributed by atoms with van der Waals surface area (Å²) in [6.07, 6.45) is 26.7. The molecule has 0 bridgehead atoms. The van der Waals surface area contributed by atoms with Crippen molar-refractivity contribution in [1.29, 1.82) is 0 Å². The second kappa shape index (κ2) is 12.9. The molecule has 3 nitrogen and oxygen atoms in total. The van der Waals surface area contributed by atoms with E-state index in [1.165, 1.54) is 78.8 Å². The van der Waals surface area contributed by atoms with Gasteiger partial charge in [0.2, 0.25) is 11.4 Å². The Morgan fingerprint density at radius 2 is 1.51 bits per heavy atom. The van der Waals surface area contributed by atoms with Crippen LogP contribution in [-0.2, 0) is 5.41 Å². The van der Waals surface area contributed by atoms with Crippen LogP contribution in [0.1, 0.15) is 58.6 Å². The Balaban J connectivity index is 1.16. The minimum atomic E-state index is -0.0190. The van der Waals surface area contributed by atoms with Crippen LogP contribution < -0.4 is 14.4 Å². The van der Waals surface area contributed by atoms with Crippen molar-refractivity contribution in [3.8, 4) is 11.1 Å². The van der Waals surface area contributed by atoms with Gasteiger partial charge in [-0.25, -0.2) is 0 Å². The van der Waals surface area contributed by atoms with E-state index in [0.29, 0.717) is 0 Å². The second-order valence-electron chi connectivity index (χ2n) is 15.0. The van der Waals surface area contributed by atoms with Gasteiger partial charge in [0.25, 0.3) is 0 Å². The highest BCUT2D eigenvalue weighted by molar-refractivity contribution is 6.05. The summed E-state index contributed by atoms with van der Waals surface area (Å²) in [6, 6.07) is 33.6. The van der Waals surface area contributed by atoms with Crippen LogP contribution in [0.25, 0.3) is 16.7 Å².